The Morgan fingerprint density at radius 1 is 1.35 bits per heavy atom. The van der Waals surface area contributed by atoms with E-state index in [1.54, 1.807) is 17.8 Å². The fraction of sp³-hybridized carbons (Fsp3) is 0.538. The van der Waals surface area contributed by atoms with Crippen molar-refractivity contribution in [2.45, 2.75) is 29.9 Å². The van der Waals surface area contributed by atoms with Crippen molar-refractivity contribution in [3.63, 3.8) is 0 Å². The number of nitrogens with zero attached hydrogens (tertiary/aromatic N) is 1. The summed E-state index contributed by atoms with van der Waals surface area (Å²) in [5.74, 6) is 0.791. The summed E-state index contributed by atoms with van der Waals surface area (Å²) >= 11 is 7.63. The Kier molecular flexibility index (Phi) is 4.59. The number of nitrogens with two attached hydrogens (primary N) is 1. The van der Waals surface area contributed by atoms with Gasteiger partial charge in [-0.15, -0.1) is 0 Å². The van der Waals surface area contributed by atoms with E-state index < -0.39 is 10.0 Å². The highest BCUT2D eigenvalue weighted by atomic mass is 35.5. The smallest absolute Gasteiger partial charge is 0.245 e. The van der Waals surface area contributed by atoms with Gasteiger partial charge < -0.3 is 5.73 Å². The van der Waals surface area contributed by atoms with Gasteiger partial charge in [-0.05, 0) is 24.6 Å². The number of rotatable bonds is 2. The van der Waals surface area contributed by atoms with Crippen LogP contribution < -0.4 is 5.73 Å². The number of hydrogen-bond acceptors (Lipinski definition) is 4. The third kappa shape index (κ3) is 3.42. The average molecular weight is 335 g/mol. The molecule has 4 nitrogen and oxygen atoms in total. The van der Waals surface area contributed by atoms with Crippen LogP contribution in [-0.4, -0.2) is 36.3 Å². The topological polar surface area (TPSA) is 63.4 Å². The number of hydrogen-bond donors (Lipinski definition) is 1. The van der Waals surface area contributed by atoms with E-state index in [2.05, 4.69) is 13.8 Å². The zero-order valence-corrected chi connectivity index (χ0v) is 14.0. The molecular formula is C13H19ClN2O2S2. The van der Waals surface area contributed by atoms with Crippen molar-refractivity contribution in [3.05, 3.63) is 23.2 Å². The van der Waals surface area contributed by atoms with Crippen molar-refractivity contribution in [1.82, 2.24) is 4.31 Å². The Balaban J connectivity index is 2.30. The van der Waals surface area contributed by atoms with E-state index in [9.17, 15) is 8.42 Å². The van der Waals surface area contributed by atoms with Crippen LogP contribution in [0.15, 0.2) is 23.1 Å². The fourth-order valence-corrected chi connectivity index (χ4v) is 5.07. The summed E-state index contributed by atoms with van der Waals surface area (Å²) in [7, 11) is -3.55. The standard InChI is InChI=1S/C13H19ClN2O2S2/c1-13(2)5-6-16(7-8-19-13)20(17,18)12-4-3-10(14)9-11(12)15/h3-4,9H,5-8,15H2,1-2H3. The molecule has 1 aromatic rings. The minimum atomic E-state index is -3.55. The van der Waals surface area contributed by atoms with Gasteiger partial charge in [0.15, 0.2) is 0 Å². The van der Waals surface area contributed by atoms with Gasteiger partial charge in [-0.1, -0.05) is 25.4 Å². The molecule has 0 spiro atoms. The summed E-state index contributed by atoms with van der Waals surface area (Å²) in [6, 6.07) is 4.52. The molecule has 0 amide bonds. The van der Waals surface area contributed by atoms with Gasteiger partial charge in [-0.25, -0.2) is 8.42 Å². The van der Waals surface area contributed by atoms with Gasteiger partial charge in [0.25, 0.3) is 0 Å². The van der Waals surface area contributed by atoms with Crippen LogP contribution in [0.2, 0.25) is 5.02 Å². The fourth-order valence-electron chi connectivity index (χ4n) is 2.14. The number of anilines is 1. The number of halogens is 1. The molecule has 112 valence electrons. The van der Waals surface area contributed by atoms with Gasteiger partial charge in [-0.3, -0.25) is 0 Å². The maximum absolute atomic E-state index is 12.7. The molecule has 1 aliphatic heterocycles. The highest BCUT2D eigenvalue weighted by Gasteiger charge is 2.31. The number of thioether (sulfide) groups is 1. The molecule has 1 fully saturated rings. The summed E-state index contributed by atoms with van der Waals surface area (Å²) in [6.07, 6.45) is 0.824. The van der Waals surface area contributed by atoms with E-state index in [1.807, 2.05) is 0 Å². The lowest BCUT2D eigenvalue weighted by Crippen LogP contribution is -2.34. The van der Waals surface area contributed by atoms with Crippen LogP contribution in [0.3, 0.4) is 0 Å². The summed E-state index contributed by atoms with van der Waals surface area (Å²) in [6.45, 7) is 5.32. The average Bonchev–Trinajstić information content (AvgIpc) is 2.50. The SMILES string of the molecule is CC1(C)CCN(S(=O)(=O)c2ccc(Cl)cc2N)CCS1. The first-order valence-corrected chi connectivity index (χ1v) is 9.22. The Labute approximate surface area is 129 Å². The van der Waals surface area contributed by atoms with Gasteiger partial charge in [0.05, 0.1) is 5.69 Å². The van der Waals surface area contributed by atoms with E-state index in [-0.39, 0.29) is 15.3 Å². The van der Waals surface area contributed by atoms with Crippen LogP contribution in [0.4, 0.5) is 5.69 Å². The molecule has 0 saturated carbocycles. The molecular weight excluding hydrogens is 316 g/mol. The zero-order chi connectivity index (χ0) is 15.0. The molecule has 0 radical (unpaired) electrons. The minimum absolute atomic E-state index is 0.107. The normalized spacial score (nSPS) is 20.6. The van der Waals surface area contributed by atoms with E-state index in [1.165, 1.54) is 16.4 Å². The molecule has 7 heteroatoms. The van der Waals surface area contributed by atoms with Gasteiger partial charge in [0, 0.05) is 28.6 Å². The van der Waals surface area contributed by atoms with Crippen molar-refractivity contribution >= 4 is 39.1 Å². The largest absolute Gasteiger partial charge is 0.398 e. The summed E-state index contributed by atoms with van der Waals surface area (Å²) in [5.41, 5.74) is 6.01. The Morgan fingerprint density at radius 3 is 2.70 bits per heavy atom. The van der Waals surface area contributed by atoms with Crippen LogP contribution in [-0.2, 0) is 10.0 Å². The molecule has 0 aliphatic carbocycles. The van der Waals surface area contributed by atoms with Gasteiger partial charge >= 0.3 is 0 Å². The zero-order valence-electron chi connectivity index (χ0n) is 11.6. The predicted molar refractivity (Wildman–Crippen MR) is 85.8 cm³/mol. The third-order valence-electron chi connectivity index (χ3n) is 3.39. The number of sulfonamides is 1. The third-order valence-corrected chi connectivity index (χ3v) is 6.97. The van der Waals surface area contributed by atoms with Crippen molar-refractivity contribution in [2.24, 2.45) is 0 Å². The van der Waals surface area contributed by atoms with E-state index in [0.717, 1.165) is 12.2 Å². The Bertz CT molecular complexity index is 602. The second-order valence-corrected chi connectivity index (χ2v) is 9.59. The molecule has 0 atom stereocenters. The maximum atomic E-state index is 12.7. The number of benzene rings is 1. The summed E-state index contributed by atoms with van der Waals surface area (Å²) in [5, 5.41) is 0.439. The number of nitrogen functional groups attached to an aromatic ring is 1. The lowest BCUT2D eigenvalue weighted by atomic mass is 10.1. The first kappa shape index (κ1) is 15.9. The Hall–Kier alpha value is -0.430. The predicted octanol–water partition coefficient (Wildman–Crippen LogP) is 2.83. The quantitative estimate of drug-likeness (QED) is 0.845. The van der Waals surface area contributed by atoms with Gasteiger partial charge in [0.1, 0.15) is 4.90 Å². The molecule has 20 heavy (non-hydrogen) atoms. The van der Waals surface area contributed by atoms with Crippen LogP contribution in [0.1, 0.15) is 20.3 Å². The lowest BCUT2D eigenvalue weighted by molar-refractivity contribution is 0.415. The summed E-state index contributed by atoms with van der Waals surface area (Å²) in [4.78, 5) is 0.145. The summed E-state index contributed by atoms with van der Waals surface area (Å²) < 4.78 is 27.0. The maximum Gasteiger partial charge on any atom is 0.245 e. The molecule has 1 heterocycles. The highest BCUT2D eigenvalue weighted by Crippen LogP contribution is 2.33. The van der Waals surface area contributed by atoms with Gasteiger partial charge in [-0.2, -0.15) is 16.1 Å². The van der Waals surface area contributed by atoms with E-state index >= 15 is 0 Å². The van der Waals surface area contributed by atoms with Crippen molar-refractivity contribution in [2.75, 3.05) is 24.6 Å². The van der Waals surface area contributed by atoms with Crippen molar-refractivity contribution in [1.29, 1.82) is 0 Å². The van der Waals surface area contributed by atoms with E-state index in [4.69, 9.17) is 17.3 Å². The first-order chi connectivity index (χ1) is 9.22. The van der Waals surface area contributed by atoms with Crippen LogP contribution in [0.5, 0.6) is 0 Å². The molecule has 2 rings (SSSR count). The Morgan fingerprint density at radius 2 is 2.05 bits per heavy atom. The van der Waals surface area contributed by atoms with E-state index in [0.29, 0.717) is 18.1 Å². The van der Waals surface area contributed by atoms with Crippen molar-refractivity contribution in [3.8, 4) is 0 Å². The molecule has 1 aliphatic rings. The lowest BCUT2D eigenvalue weighted by Gasteiger charge is -2.23. The highest BCUT2D eigenvalue weighted by molar-refractivity contribution is 8.00. The molecule has 1 saturated heterocycles. The molecule has 0 aromatic heterocycles. The second kappa shape index (κ2) is 5.75. The van der Waals surface area contributed by atoms with Crippen LogP contribution >= 0.6 is 23.4 Å². The minimum Gasteiger partial charge on any atom is -0.398 e. The van der Waals surface area contributed by atoms with Crippen LogP contribution in [0.25, 0.3) is 0 Å². The monoisotopic (exact) mass is 334 g/mol. The molecule has 0 unspecified atom stereocenters. The second-order valence-electron chi connectivity index (χ2n) is 5.44. The van der Waals surface area contributed by atoms with Crippen LogP contribution in [0, 0.1) is 0 Å². The molecule has 2 N–H and O–H groups in total. The van der Waals surface area contributed by atoms with Crippen molar-refractivity contribution < 1.29 is 8.42 Å². The van der Waals surface area contributed by atoms with Gasteiger partial charge in [0.2, 0.25) is 10.0 Å². The molecule has 1 aromatic carbocycles. The first-order valence-electron chi connectivity index (χ1n) is 6.41. The molecule has 0 bridgehead atoms.